The third-order valence-electron chi connectivity index (χ3n) is 3.83. The molecule has 2 heterocycles. The van der Waals surface area contributed by atoms with Gasteiger partial charge in [-0.2, -0.15) is 0 Å². The molecule has 0 amide bonds. The molecule has 0 saturated carbocycles. The van der Waals surface area contributed by atoms with Crippen LogP contribution in [0.1, 0.15) is 30.1 Å². The average Bonchev–Trinajstić information content (AvgIpc) is 2.47. The van der Waals surface area contributed by atoms with Crippen molar-refractivity contribution in [2.45, 2.75) is 25.4 Å². The predicted molar refractivity (Wildman–Crippen MR) is 76.8 cm³/mol. The maximum atomic E-state index is 11.7. The molecule has 0 bridgehead atoms. The molecule has 1 aromatic rings. The highest BCUT2D eigenvalue weighted by atomic mass is 16.5. The van der Waals surface area contributed by atoms with E-state index in [1.54, 1.807) is 19.4 Å². The normalized spacial score (nSPS) is 22.6. The zero-order valence-electron chi connectivity index (χ0n) is 12.2. The first-order valence-corrected chi connectivity index (χ1v) is 6.63. The standard InChI is InChI=1S/C14H21N3O3/c1-14(20-3)6-4-8-17(9-14)12-11(15)10(5-7-16-12)13(18)19-2/h5,7H,4,6,8-9,15H2,1-3H3. The Morgan fingerprint density at radius 1 is 1.50 bits per heavy atom. The Kier molecular flexibility index (Phi) is 4.13. The summed E-state index contributed by atoms with van der Waals surface area (Å²) in [5.41, 5.74) is 6.57. The van der Waals surface area contributed by atoms with Gasteiger partial charge in [-0.15, -0.1) is 0 Å². The average molecular weight is 279 g/mol. The number of piperidine rings is 1. The van der Waals surface area contributed by atoms with Crippen LogP contribution < -0.4 is 10.6 Å². The van der Waals surface area contributed by atoms with Gasteiger partial charge < -0.3 is 20.1 Å². The Bertz CT molecular complexity index is 506. The van der Waals surface area contributed by atoms with Crippen LogP contribution in [0.4, 0.5) is 11.5 Å². The third kappa shape index (κ3) is 2.70. The summed E-state index contributed by atoms with van der Waals surface area (Å²) in [5, 5.41) is 0. The highest BCUT2D eigenvalue weighted by Crippen LogP contribution is 2.31. The molecule has 2 N–H and O–H groups in total. The second kappa shape index (κ2) is 5.66. The van der Waals surface area contributed by atoms with Crippen LogP contribution in [-0.4, -0.2) is 43.9 Å². The van der Waals surface area contributed by atoms with Gasteiger partial charge in [0.2, 0.25) is 0 Å². The van der Waals surface area contributed by atoms with E-state index in [0.717, 1.165) is 19.4 Å². The van der Waals surface area contributed by atoms with E-state index in [9.17, 15) is 4.79 Å². The number of nitrogen functional groups attached to an aromatic ring is 1. The maximum Gasteiger partial charge on any atom is 0.340 e. The van der Waals surface area contributed by atoms with Crippen molar-refractivity contribution in [1.82, 2.24) is 4.98 Å². The lowest BCUT2D eigenvalue weighted by atomic mass is 9.94. The molecular weight excluding hydrogens is 258 g/mol. The van der Waals surface area contributed by atoms with E-state index < -0.39 is 5.97 Å². The van der Waals surface area contributed by atoms with Crippen molar-refractivity contribution >= 4 is 17.5 Å². The molecule has 1 aliphatic heterocycles. The molecule has 1 aliphatic rings. The summed E-state index contributed by atoms with van der Waals surface area (Å²) in [7, 11) is 3.05. The Morgan fingerprint density at radius 2 is 2.25 bits per heavy atom. The molecule has 6 heteroatoms. The largest absolute Gasteiger partial charge is 0.465 e. The summed E-state index contributed by atoms with van der Waals surface area (Å²) in [4.78, 5) is 18.1. The van der Waals surface area contributed by atoms with Crippen molar-refractivity contribution in [2.24, 2.45) is 0 Å². The van der Waals surface area contributed by atoms with Gasteiger partial charge in [0, 0.05) is 26.4 Å². The minimum atomic E-state index is -0.447. The molecular formula is C14H21N3O3. The van der Waals surface area contributed by atoms with Crippen LogP contribution >= 0.6 is 0 Å². The molecule has 110 valence electrons. The van der Waals surface area contributed by atoms with E-state index in [2.05, 4.69) is 16.8 Å². The highest BCUT2D eigenvalue weighted by molar-refractivity contribution is 5.97. The summed E-state index contributed by atoms with van der Waals surface area (Å²) in [5.74, 6) is 0.175. The number of methoxy groups -OCH3 is 2. The Morgan fingerprint density at radius 3 is 2.90 bits per heavy atom. The molecule has 0 aromatic carbocycles. The Labute approximate surface area is 118 Å². The number of ether oxygens (including phenoxy) is 2. The summed E-state index contributed by atoms with van der Waals surface area (Å²) in [6.07, 6.45) is 3.57. The fraction of sp³-hybridized carbons (Fsp3) is 0.571. The SMILES string of the molecule is COC(=O)c1ccnc(N2CCCC(C)(OC)C2)c1N. The third-order valence-corrected chi connectivity index (χ3v) is 3.83. The number of esters is 1. The van der Waals surface area contributed by atoms with Crippen LogP contribution in [-0.2, 0) is 9.47 Å². The second-order valence-electron chi connectivity index (χ2n) is 5.27. The fourth-order valence-electron chi connectivity index (χ4n) is 2.56. The van der Waals surface area contributed by atoms with Crippen LogP contribution in [0.3, 0.4) is 0 Å². The maximum absolute atomic E-state index is 11.7. The van der Waals surface area contributed by atoms with E-state index in [1.165, 1.54) is 7.11 Å². The quantitative estimate of drug-likeness (QED) is 0.844. The molecule has 20 heavy (non-hydrogen) atoms. The number of anilines is 2. The molecule has 6 nitrogen and oxygen atoms in total. The molecule has 1 saturated heterocycles. The first kappa shape index (κ1) is 14.6. The van der Waals surface area contributed by atoms with Crippen LogP contribution in [0.15, 0.2) is 12.3 Å². The van der Waals surface area contributed by atoms with Gasteiger partial charge in [-0.1, -0.05) is 0 Å². The first-order valence-electron chi connectivity index (χ1n) is 6.63. The number of carbonyl (C=O) groups is 1. The van der Waals surface area contributed by atoms with Crippen molar-refractivity contribution in [1.29, 1.82) is 0 Å². The van der Waals surface area contributed by atoms with E-state index >= 15 is 0 Å². The van der Waals surface area contributed by atoms with Crippen molar-refractivity contribution in [2.75, 3.05) is 37.9 Å². The minimum Gasteiger partial charge on any atom is -0.465 e. The number of rotatable bonds is 3. The number of aromatic nitrogens is 1. The predicted octanol–water partition coefficient (Wildman–Crippen LogP) is 1.46. The van der Waals surface area contributed by atoms with E-state index in [-0.39, 0.29) is 5.60 Å². The van der Waals surface area contributed by atoms with Gasteiger partial charge >= 0.3 is 5.97 Å². The zero-order valence-corrected chi connectivity index (χ0v) is 12.2. The van der Waals surface area contributed by atoms with Gasteiger partial charge in [0.1, 0.15) is 0 Å². The topological polar surface area (TPSA) is 77.7 Å². The second-order valence-corrected chi connectivity index (χ2v) is 5.27. The Balaban J connectivity index is 2.31. The van der Waals surface area contributed by atoms with Crippen LogP contribution in [0.2, 0.25) is 0 Å². The van der Waals surface area contributed by atoms with Crippen molar-refractivity contribution in [3.8, 4) is 0 Å². The molecule has 0 spiro atoms. The lowest BCUT2D eigenvalue weighted by Gasteiger charge is -2.40. The van der Waals surface area contributed by atoms with Gasteiger partial charge in [0.25, 0.3) is 0 Å². The Hall–Kier alpha value is -1.82. The summed E-state index contributed by atoms with van der Waals surface area (Å²) >= 11 is 0. The summed E-state index contributed by atoms with van der Waals surface area (Å²) in [6.45, 7) is 3.62. The van der Waals surface area contributed by atoms with Crippen molar-refractivity contribution < 1.29 is 14.3 Å². The molecule has 0 radical (unpaired) electrons. The number of nitrogens with two attached hydrogens (primary N) is 1. The number of nitrogens with zero attached hydrogens (tertiary/aromatic N) is 2. The lowest BCUT2D eigenvalue weighted by Crippen LogP contribution is -2.48. The molecule has 1 unspecified atom stereocenters. The molecule has 2 rings (SSSR count). The smallest absolute Gasteiger partial charge is 0.340 e. The van der Waals surface area contributed by atoms with Crippen molar-refractivity contribution in [3.63, 3.8) is 0 Å². The van der Waals surface area contributed by atoms with Crippen molar-refractivity contribution in [3.05, 3.63) is 17.8 Å². The highest BCUT2D eigenvalue weighted by Gasteiger charge is 2.32. The summed E-state index contributed by atoms with van der Waals surface area (Å²) in [6, 6.07) is 1.57. The van der Waals surface area contributed by atoms with Gasteiger partial charge in [-0.25, -0.2) is 9.78 Å². The number of pyridine rings is 1. The zero-order chi connectivity index (χ0) is 14.8. The fourth-order valence-corrected chi connectivity index (χ4v) is 2.56. The number of carbonyl (C=O) groups excluding carboxylic acids is 1. The summed E-state index contributed by atoms with van der Waals surface area (Å²) < 4.78 is 10.3. The van der Waals surface area contributed by atoms with E-state index in [1.807, 2.05) is 0 Å². The first-order chi connectivity index (χ1) is 9.50. The van der Waals surface area contributed by atoms with Gasteiger partial charge in [0.15, 0.2) is 5.82 Å². The molecule has 1 fully saturated rings. The minimum absolute atomic E-state index is 0.215. The van der Waals surface area contributed by atoms with E-state index in [4.69, 9.17) is 15.2 Å². The number of hydrogen-bond donors (Lipinski definition) is 1. The molecule has 0 aliphatic carbocycles. The molecule has 1 aromatic heterocycles. The van der Waals surface area contributed by atoms with E-state index in [0.29, 0.717) is 23.6 Å². The van der Waals surface area contributed by atoms with Gasteiger partial charge in [-0.3, -0.25) is 0 Å². The van der Waals surface area contributed by atoms with Gasteiger partial charge in [0.05, 0.1) is 24.0 Å². The lowest BCUT2D eigenvalue weighted by molar-refractivity contribution is -0.00478. The molecule has 1 atom stereocenters. The van der Waals surface area contributed by atoms with Gasteiger partial charge in [-0.05, 0) is 25.8 Å². The number of hydrogen-bond acceptors (Lipinski definition) is 6. The van der Waals surface area contributed by atoms with Crippen LogP contribution in [0, 0.1) is 0 Å². The van der Waals surface area contributed by atoms with Crippen LogP contribution in [0.25, 0.3) is 0 Å². The van der Waals surface area contributed by atoms with Crippen LogP contribution in [0.5, 0.6) is 0 Å². The monoisotopic (exact) mass is 279 g/mol.